The van der Waals surface area contributed by atoms with Gasteiger partial charge in [-0.3, -0.25) is 4.79 Å². The Labute approximate surface area is 136 Å². The zero-order chi connectivity index (χ0) is 16.8. The molecule has 0 saturated carbocycles. The standard InChI is InChI=1S/C17H25N5O/c1-12(2)16(19)17(23)20-10-6-7-13-11-15(18)22(21-13)14-8-4-3-5-9-14/h3-5,8-9,11-12,16H,6-7,10,18-19H2,1-2H3,(H,20,23)/t16-/m0/s1. The van der Waals surface area contributed by atoms with Gasteiger partial charge >= 0.3 is 0 Å². The number of rotatable bonds is 7. The molecule has 23 heavy (non-hydrogen) atoms. The van der Waals surface area contributed by atoms with Crippen molar-refractivity contribution >= 4 is 11.7 Å². The first-order valence-corrected chi connectivity index (χ1v) is 7.92. The number of aryl methyl sites for hydroxylation is 1. The Morgan fingerprint density at radius 3 is 2.65 bits per heavy atom. The van der Waals surface area contributed by atoms with Crippen molar-refractivity contribution in [2.75, 3.05) is 12.3 Å². The summed E-state index contributed by atoms with van der Waals surface area (Å²) >= 11 is 0. The fourth-order valence-corrected chi connectivity index (χ4v) is 2.25. The van der Waals surface area contributed by atoms with E-state index in [2.05, 4.69) is 10.4 Å². The molecule has 1 atom stereocenters. The Morgan fingerprint density at radius 1 is 1.30 bits per heavy atom. The van der Waals surface area contributed by atoms with Crippen LogP contribution in [0, 0.1) is 5.92 Å². The highest BCUT2D eigenvalue weighted by molar-refractivity contribution is 5.81. The van der Waals surface area contributed by atoms with E-state index in [0.717, 1.165) is 24.2 Å². The van der Waals surface area contributed by atoms with Gasteiger partial charge in [-0.15, -0.1) is 0 Å². The van der Waals surface area contributed by atoms with Crippen LogP contribution in [0.1, 0.15) is 26.0 Å². The maximum absolute atomic E-state index is 11.8. The quantitative estimate of drug-likeness (QED) is 0.674. The number of hydrogen-bond donors (Lipinski definition) is 3. The molecule has 1 amide bonds. The summed E-state index contributed by atoms with van der Waals surface area (Å²) in [6.07, 6.45) is 1.54. The zero-order valence-corrected chi connectivity index (χ0v) is 13.7. The summed E-state index contributed by atoms with van der Waals surface area (Å²) in [6.45, 7) is 4.45. The average molecular weight is 315 g/mol. The van der Waals surface area contributed by atoms with E-state index in [-0.39, 0.29) is 11.8 Å². The van der Waals surface area contributed by atoms with Gasteiger partial charge in [-0.2, -0.15) is 5.10 Å². The van der Waals surface area contributed by atoms with E-state index in [0.29, 0.717) is 12.4 Å². The molecule has 0 bridgehead atoms. The highest BCUT2D eigenvalue weighted by atomic mass is 16.2. The Balaban J connectivity index is 1.85. The molecule has 2 rings (SSSR count). The normalized spacial score (nSPS) is 12.3. The molecule has 0 saturated heterocycles. The van der Waals surface area contributed by atoms with E-state index in [1.54, 1.807) is 4.68 Å². The highest BCUT2D eigenvalue weighted by Crippen LogP contribution is 2.14. The Bertz CT molecular complexity index is 636. The summed E-state index contributed by atoms with van der Waals surface area (Å²) in [5.41, 5.74) is 13.7. The van der Waals surface area contributed by atoms with Crippen LogP contribution in [0.3, 0.4) is 0 Å². The number of nitrogen functional groups attached to an aromatic ring is 1. The summed E-state index contributed by atoms with van der Waals surface area (Å²) in [5, 5.41) is 7.37. The number of aromatic nitrogens is 2. The van der Waals surface area contributed by atoms with Gasteiger partial charge in [-0.05, 0) is 30.9 Å². The number of amides is 1. The predicted molar refractivity (Wildman–Crippen MR) is 92.1 cm³/mol. The van der Waals surface area contributed by atoms with Gasteiger partial charge in [0, 0.05) is 12.6 Å². The van der Waals surface area contributed by atoms with E-state index < -0.39 is 6.04 Å². The number of benzene rings is 1. The van der Waals surface area contributed by atoms with Crippen LogP contribution in [0.15, 0.2) is 36.4 Å². The lowest BCUT2D eigenvalue weighted by Gasteiger charge is -2.14. The molecule has 0 radical (unpaired) electrons. The number of carbonyl (C=O) groups is 1. The minimum Gasteiger partial charge on any atom is -0.384 e. The first-order chi connectivity index (χ1) is 11.0. The number of nitrogens with zero attached hydrogens (tertiary/aromatic N) is 2. The van der Waals surface area contributed by atoms with Gasteiger partial charge in [0.25, 0.3) is 0 Å². The molecule has 124 valence electrons. The number of nitrogens with one attached hydrogen (secondary N) is 1. The third-order valence-electron chi connectivity index (χ3n) is 3.72. The number of para-hydroxylation sites is 1. The van der Waals surface area contributed by atoms with Gasteiger partial charge in [0.05, 0.1) is 17.4 Å². The first-order valence-electron chi connectivity index (χ1n) is 7.92. The Kier molecular flexibility index (Phi) is 5.76. The van der Waals surface area contributed by atoms with Crippen molar-refractivity contribution in [3.63, 3.8) is 0 Å². The second kappa shape index (κ2) is 7.78. The van der Waals surface area contributed by atoms with Gasteiger partial charge in [-0.25, -0.2) is 4.68 Å². The molecule has 6 nitrogen and oxygen atoms in total. The fourth-order valence-electron chi connectivity index (χ4n) is 2.25. The minimum atomic E-state index is -0.456. The van der Waals surface area contributed by atoms with Gasteiger partial charge in [0.1, 0.15) is 5.82 Å². The van der Waals surface area contributed by atoms with E-state index in [9.17, 15) is 4.79 Å². The number of carbonyl (C=O) groups excluding carboxylic acids is 1. The van der Waals surface area contributed by atoms with Crippen LogP contribution in [0.5, 0.6) is 0 Å². The van der Waals surface area contributed by atoms with Crippen molar-refractivity contribution in [2.45, 2.75) is 32.7 Å². The third-order valence-corrected chi connectivity index (χ3v) is 3.72. The highest BCUT2D eigenvalue weighted by Gasteiger charge is 2.16. The number of nitrogens with two attached hydrogens (primary N) is 2. The molecule has 2 aromatic rings. The zero-order valence-electron chi connectivity index (χ0n) is 13.7. The van der Waals surface area contributed by atoms with Crippen molar-refractivity contribution in [1.82, 2.24) is 15.1 Å². The maximum atomic E-state index is 11.8. The maximum Gasteiger partial charge on any atom is 0.237 e. The van der Waals surface area contributed by atoms with Crippen molar-refractivity contribution in [3.8, 4) is 5.69 Å². The summed E-state index contributed by atoms with van der Waals surface area (Å²) in [4.78, 5) is 11.8. The molecule has 5 N–H and O–H groups in total. The lowest BCUT2D eigenvalue weighted by Crippen LogP contribution is -2.44. The van der Waals surface area contributed by atoms with Crippen molar-refractivity contribution in [2.24, 2.45) is 11.7 Å². The summed E-state index contributed by atoms with van der Waals surface area (Å²) in [6, 6.07) is 11.2. The third kappa shape index (κ3) is 4.56. The molecule has 0 fully saturated rings. The first kappa shape index (κ1) is 17.0. The van der Waals surface area contributed by atoms with Crippen LogP contribution in [0.2, 0.25) is 0 Å². The van der Waals surface area contributed by atoms with Gasteiger partial charge < -0.3 is 16.8 Å². The molecular formula is C17H25N5O. The lowest BCUT2D eigenvalue weighted by molar-refractivity contribution is -0.123. The molecule has 0 spiro atoms. The second-order valence-corrected chi connectivity index (χ2v) is 5.97. The van der Waals surface area contributed by atoms with Crippen LogP contribution in [0.25, 0.3) is 5.69 Å². The molecule has 1 aromatic heterocycles. The molecule has 0 aliphatic carbocycles. The monoisotopic (exact) mass is 315 g/mol. The largest absolute Gasteiger partial charge is 0.384 e. The SMILES string of the molecule is CC(C)[C@H](N)C(=O)NCCCc1cc(N)n(-c2ccccc2)n1. The van der Waals surface area contributed by atoms with E-state index >= 15 is 0 Å². The number of anilines is 1. The molecule has 0 aliphatic rings. The minimum absolute atomic E-state index is 0.102. The lowest BCUT2D eigenvalue weighted by atomic mass is 10.1. The molecule has 6 heteroatoms. The summed E-state index contributed by atoms with van der Waals surface area (Å²) < 4.78 is 1.72. The summed E-state index contributed by atoms with van der Waals surface area (Å²) in [5.74, 6) is 0.641. The van der Waals surface area contributed by atoms with Crippen LogP contribution in [-0.4, -0.2) is 28.3 Å². The Hall–Kier alpha value is -2.34. The van der Waals surface area contributed by atoms with Gasteiger partial charge in [-0.1, -0.05) is 32.0 Å². The average Bonchev–Trinajstić information content (AvgIpc) is 2.92. The van der Waals surface area contributed by atoms with E-state index in [1.165, 1.54) is 0 Å². The molecular weight excluding hydrogens is 290 g/mol. The fraction of sp³-hybridized carbons (Fsp3) is 0.412. The van der Waals surface area contributed by atoms with Crippen LogP contribution in [-0.2, 0) is 11.2 Å². The number of hydrogen-bond acceptors (Lipinski definition) is 4. The molecule has 1 heterocycles. The van der Waals surface area contributed by atoms with Crippen molar-refractivity contribution < 1.29 is 4.79 Å². The van der Waals surface area contributed by atoms with Crippen molar-refractivity contribution in [1.29, 1.82) is 0 Å². The van der Waals surface area contributed by atoms with Gasteiger partial charge in [0.2, 0.25) is 5.91 Å². The Morgan fingerprint density at radius 2 is 2.00 bits per heavy atom. The van der Waals surface area contributed by atoms with Crippen LogP contribution in [0.4, 0.5) is 5.82 Å². The van der Waals surface area contributed by atoms with E-state index in [4.69, 9.17) is 11.5 Å². The smallest absolute Gasteiger partial charge is 0.237 e. The second-order valence-electron chi connectivity index (χ2n) is 5.97. The van der Waals surface area contributed by atoms with Crippen molar-refractivity contribution in [3.05, 3.63) is 42.1 Å². The van der Waals surface area contributed by atoms with E-state index in [1.807, 2.05) is 50.2 Å². The van der Waals surface area contributed by atoms with Crippen LogP contribution >= 0.6 is 0 Å². The topological polar surface area (TPSA) is 99.0 Å². The molecule has 1 aromatic carbocycles. The van der Waals surface area contributed by atoms with Crippen LogP contribution < -0.4 is 16.8 Å². The molecule has 0 unspecified atom stereocenters. The van der Waals surface area contributed by atoms with Gasteiger partial charge in [0.15, 0.2) is 0 Å². The predicted octanol–water partition coefficient (Wildman–Crippen LogP) is 1.49. The summed E-state index contributed by atoms with van der Waals surface area (Å²) in [7, 11) is 0. The molecule has 0 aliphatic heterocycles.